The molecule has 0 aliphatic carbocycles. The van der Waals surface area contributed by atoms with E-state index in [1.807, 2.05) is 79.4 Å². The van der Waals surface area contributed by atoms with Gasteiger partial charge in [0.05, 0.1) is 11.0 Å². The Morgan fingerprint density at radius 3 is 1.96 bits per heavy atom. The molecule has 28 heavy (non-hydrogen) atoms. The summed E-state index contributed by atoms with van der Waals surface area (Å²) in [4.78, 5) is 21.7. The lowest BCUT2D eigenvalue weighted by Crippen LogP contribution is -2.25. The molecule has 0 spiro atoms. The highest BCUT2D eigenvalue weighted by Gasteiger charge is 2.28. The number of anilines is 2. The van der Waals surface area contributed by atoms with Gasteiger partial charge in [0.1, 0.15) is 6.33 Å². The van der Waals surface area contributed by atoms with Crippen molar-refractivity contribution in [1.82, 2.24) is 9.97 Å². The van der Waals surface area contributed by atoms with E-state index in [2.05, 4.69) is 15.3 Å². The van der Waals surface area contributed by atoms with Crippen molar-refractivity contribution < 1.29 is 4.92 Å². The Labute approximate surface area is 164 Å². The van der Waals surface area contributed by atoms with Gasteiger partial charge < -0.3 is 10.2 Å². The van der Waals surface area contributed by atoms with E-state index in [1.165, 1.54) is 6.33 Å². The van der Waals surface area contributed by atoms with E-state index in [9.17, 15) is 10.1 Å². The maximum absolute atomic E-state index is 11.9. The van der Waals surface area contributed by atoms with Crippen molar-refractivity contribution in [2.24, 2.45) is 0 Å². The van der Waals surface area contributed by atoms with Gasteiger partial charge in [-0.05, 0) is 25.0 Å². The van der Waals surface area contributed by atoms with E-state index in [1.54, 1.807) is 0 Å². The lowest BCUT2D eigenvalue weighted by Gasteiger charge is -2.23. The topological polar surface area (TPSA) is 84.2 Å². The molecule has 1 heterocycles. The van der Waals surface area contributed by atoms with E-state index >= 15 is 0 Å². The number of nitrogens with zero attached hydrogens (tertiary/aromatic N) is 4. The van der Waals surface area contributed by atoms with Crippen LogP contribution in [0.15, 0.2) is 67.0 Å². The summed E-state index contributed by atoms with van der Waals surface area (Å²) in [5, 5.41) is 15.2. The van der Waals surface area contributed by atoms with Crippen molar-refractivity contribution in [3.63, 3.8) is 0 Å². The van der Waals surface area contributed by atoms with Gasteiger partial charge in [0.15, 0.2) is 0 Å². The Hall–Kier alpha value is -3.48. The molecule has 3 rings (SSSR count). The second-order valence-corrected chi connectivity index (χ2v) is 6.22. The fourth-order valence-corrected chi connectivity index (χ4v) is 3.18. The van der Waals surface area contributed by atoms with Crippen LogP contribution in [0.25, 0.3) is 0 Å². The van der Waals surface area contributed by atoms with Crippen LogP contribution in [0, 0.1) is 10.1 Å². The third-order valence-corrected chi connectivity index (χ3v) is 4.60. The summed E-state index contributed by atoms with van der Waals surface area (Å²) in [6.45, 7) is 5.13. The van der Waals surface area contributed by atoms with Gasteiger partial charge in [-0.15, -0.1) is 0 Å². The maximum Gasteiger partial charge on any atom is 0.353 e. The van der Waals surface area contributed by atoms with Gasteiger partial charge in [0.25, 0.3) is 0 Å². The van der Waals surface area contributed by atoms with E-state index in [-0.39, 0.29) is 17.5 Å². The van der Waals surface area contributed by atoms with Crippen LogP contribution in [-0.4, -0.2) is 28.0 Å². The summed E-state index contributed by atoms with van der Waals surface area (Å²) in [5.41, 5.74) is 1.88. The molecule has 7 heteroatoms. The van der Waals surface area contributed by atoms with Crippen LogP contribution in [0.4, 0.5) is 17.3 Å². The molecule has 0 saturated heterocycles. The minimum absolute atomic E-state index is 0.108. The summed E-state index contributed by atoms with van der Waals surface area (Å²) < 4.78 is 0. The summed E-state index contributed by atoms with van der Waals surface area (Å²) in [6.07, 6.45) is 1.37. The molecule has 0 amide bonds. The summed E-state index contributed by atoms with van der Waals surface area (Å²) in [6, 6.07) is 19.4. The van der Waals surface area contributed by atoms with Crippen LogP contribution < -0.4 is 10.2 Å². The van der Waals surface area contributed by atoms with Crippen LogP contribution >= 0.6 is 0 Å². The largest absolute Gasteiger partial charge is 0.353 e. The number of hydrogen-bond donors (Lipinski definition) is 1. The van der Waals surface area contributed by atoms with Crippen LogP contribution in [0.3, 0.4) is 0 Å². The first kappa shape index (κ1) is 19.3. The molecule has 7 nitrogen and oxygen atoms in total. The standard InChI is InChI=1S/C21H23N5O2/c1-3-25(4-2)21-19(26(27)28)20(22-15-23-21)24-18(16-11-7-5-8-12-16)17-13-9-6-10-14-17/h5-15,18H,3-4H2,1-2H3,(H,22,23,24). The van der Waals surface area contributed by atoms with Crippen LogP contribution in [0.2, 0.25) is 0 Å². The highest BCUT2D eigenvalue weighted by molar-refractivity contribution is 5.71. The molecule has 3 aromatic rings. The number of nitrogens with one attached hydrogen (secondary N) is 1. The third-order valence-electron chi connectivity index (χ3n) is 4.60. The molecule has 0 aliphatic heterocycles. The predicted molar refractivity (Wildman–Crippen MR) is 111 cm³/mol. The Kier molecular flexibility index (Phi) is 6.16. The predicted octanol–water partition coefficient (Wildman–Crippen LogP) is 4.43. The van der Waals surface area contributed by atoms with Gasteiger partial charge in [-0.25, -0.2) is 9.97 Å². The van der Waals surface area contributed by atoms with E-state index in [0.29, 0.717) is 18.9 Å². The van der Waals surface area contributed by atoms with Crippen molar-refractivity contribution in [3.05, 3.63) is 88.2 Å². The van der Waals surface area contributed by atoms with Crippen LogP contribution in [0.5, 0.6) is 0 Å². The second-order valence-electron chi connectivity index (χ2n) is 6.22. The minimum atomic E-state index is -0.414. The molecular formula is C21H23N5O2. The van der Waals surface area contributed by atoms with Gasteiger partial charge in [-0.1, -0.05) is 60.7 Å². The zero-order chi connectivity index (χ0) is 19.9. The summed E-state index contributed by atoms with van der Waals surface area (Å²) in [7, 11) is 0. The van der Waals surface area contributed by atoms with Gasteiger partial charge in [0.2, 0.25) is 11.6 Å². The van der Waals surface area contributed by atoms with Crippen LogP contribution in [-0.2, 0) is 0 Å². The van der Waals surface area contributed by atoms with Gasteiger partial charge in [-0.2, -0.15) is 0 Å². The molecule has 2 aromatic carbocycles. The maximum atomic E-state index is 11.9. The van der Waals surface area contributed by atoms with E-state index < -0.39 is 4.92 Å². The molecule has 0 unspecified atom stereocenters. The SMILES string of the molecule is CCN(CC)c1ncnc(NC(c2ccccc2)c2ccccc2)c1[N+](=O)[O-]. The molecule has 144 valence electrons. The quantitative estimate of drug-likeness (QED) is 0.462. The fourth-order valence-electron chi connectivity index (χ4n) is 3.18. The highest BCUT2D eigenvalue weighted by atomic mass is 16.6. The van der Waals surface area contributed by atoms with Gasteiger partial charge in [0, 0.05) is 13.1 Å². The van der Waals surface area contributed by atoms with Crippen molar-refractivity contribution in [1.29, 1.82) is 0 Å². The zero-order valence-electron chi connectivity index (χ0n) is 15.9. The minimum Gasteiger partial charge on any atom is -0.353 e. The first-order valence-corrected chi connectivity index (χ1v) is 9.26. The molecule has 1 N–H and O–H groups in total. The van der Waals surface area contributed by atoms with Crippen molar-refractivity contribution in [2.45, 2.75) is 19.9 Å². The molecule has 0 aliphatic rings. The first-order chi connectivity index (χ1) is 13.7. The lowest BCUT2D eigenvalue weighted by molar-refractivity contribution is -0.383. The average molecular weight is 377 g/mol. The fraction of sp³-hybridized carbons (Fsp3) is 0.238. The lowest BCUT2D eigenvalue weighted by atomic mass is 9.99. The molecule has 0 atom stereocenters. The molecule has 1 aromatic heterocycles. The molecule has 0 fully saturated rings. The van der Waals surface area contributed by atoms with Gasteiger partial charge >= 0.3 is 5.69 Å². The number of hydrogen-bond acceptors (Lipinski definition) is 6. The number of benzene rings is 2. The first-order valence-electron chi connectivity index (χ1n) is 9.26. The second kappa shape index (κ2) is 8.94. The zero-order valence-corrected chi connectivity index (χ0v) is 15.9. The van der Waals surface area contributed by atoms with Crippen molar-refractivity contribution in [2.75, 3.05) is 23.3 Å². The normalized spacial score (nSPS) is 10.7. The number of rotatable bonds is 8. The van der Waals surface area contributed by atoms with Gasteiger partial charge in [-0.3, -0.25) is 10.1 Å². The smallest absolute Gasteiger partial charge is 0.353 e. The van der Waals surface area contributed by atoms with E-state index in [4.69, 9.17) is 0 Å². The number of aromatic nitrogens is 2. The highest BCUT2D eigenvalue weighted by Crippen LogP contribution is 2.35. The average Bonchev–Trinajstić information content (AvgIpc) is 2.74. The molecule has 0 bridgehead atoms. The molecule has 0 radical (unpaired) electrons. The monoisotopic (exact) mass is 377 g/mol. The van der Waals surface area contributed by atoms with Crippen LogP contribution in [0.1, 0.15) is 31.0 Å². The van der Waals surface area contributed by atoms with E-state index in [0.717, 1.165) is 11.1 Å². The van der Waals surface area contributed by atoms with Crippen molar-refractivity contribution >= 4 is 17.3 Å². The molecular weight excluding hydrogens is 354 g/mol. The number of nitro groups is 1. The Morgan fingerprint density at radius 2 is 1.50 bits per heavy atom. The Morgan fingerprint density at radius 1 is 0.964 bits per heavy atom. The third kappa shape index (κ3) is 4.09. The Bertz CT molecular complexity index is 875. The summed E-state index contributed by atoms with van der Waals surface area (Å²) >= 11 is 0. The van der Waals surface area contributed by atoms with Crippen molar-refractivity contribution in [3.8, 4) is 0 Å². The summed E-state index contributed by atoms with van der Waals surface area (Å²) in [5.74, 6) is 0.534. The Balaban J connectivity index is 2.09. The molecule has 0 saturated carbocycles.